The van der Waals surface area contributed by atoms with E-state index in [9.17, 15) is 59.4 Å². The molecule has 0 heterocycles. The fraction of sp³-hybridized carbons (Fsp3) is 0. The number of carboxylic acids is 6. The molecule has 0 saturated carbocycles. The van der Waals surface area contributed by atoms with Crippen molar-refractivity contribution in [1.82, 2.24) is 0 Å². The van der Waals surface area contributed by atoms with Crippen LogP contribution < -0.4 is 30.6 Å². The Labute approximate surface area is 215 Å². The van der Waals surface area contributed by atoms with Crippen LogP contribution in [-0.4, -0.2) is 35.8 Å². The van der Waals surface area contributed by atoms with Gasteiger partial charge in [-0.3, -0.25) is 0 Å². The van der Waals surface area contributed by atoms with Gasteiger partial charge in [-0.25, -0.2) is 0 Å². The third-order valence-corrected chi connectivity index (χ3v) is 3.39. The van der Waals surface area contributed by atoms with Crippen LogP contribution in [0.25, 0.3) is 0 Å². The first-order chi connectivity index (χ1) is 13.9. The molecular formula is C18H6Cu3O12. The quantitative estimate of drug-likeness (QED) is 0.280. The van der Waals surface area contributed by atoms with Crippen LogP contribution in [-0.2, 0) is 51.2 Å². The number of hydrogen-bond acceptors (Lipinski definition) is 12. The Morgan fingerprint density at radius 1 is 0.394 bits per heavy atom. The van der Waals surface area contributed by atoms with E-state index in [2.05, 4.69) is 0 Å². The summed E-state index contributed by atoms with van der Waals surface area (Å²) < 4.78 is 0. The average molecular weight is 605 g/mol. The standard InChI is InChI=1S/2C9H6O6.3Cu/c2*10-7(11)4-1-2-5(8(12)13)6(3-4)9(14)15;;;/h2*1-3H,(H,10,11)(H,12,13)(H,14,15);;;/q;;3*+2/p-6. The van der Waals surface area contributed by atoms with Crippen LogP contribution in [0, 0.1) is 0 Å². The molecule has 2 aromatic rings. The fourth-order valence-electron chi connectivity index (χ4n) is 2.04. The molecule has 0 aliphatic rings. The molecule has 0 fully saturated rings. The third kappa shape index (κ3) is 9.46. The number of carbonyl (C=O) groups is 6. The summed E-state index contributed by atoms with van der Waals surface area (Å²) in [6, 6.07) is 4.74. The van der Waals surface area contributed by atoms with E-state index in [0.717, 1.165) is 24.3 Å². The van der Waals surface area contributed by atoms with Gasteiger partial charge in [-0.2, -0.15) is 0 Å². The van der Waals surface area contributed by atoms with E-state index in [1.165, 1.54) is 0 Å². The van der Waals surface area contributed by atoms with Crippen LogP contribution in [0.3, 0.4) is 0 Å². The van der Waals surface area contributed by atoms with Gasteiger partial charge >= 0.3 is 51.2 Å². The Kier molecular flexibility index (Phi) is 15.4. The van der Waals surface area contributed by atoms with E-state index in [-0.39, 0.29) is 51.2 Å². The van der Waals surface area contributed by atoms with E-state index in [1.54, 1.807) is 0 Å². The molecule has 0 aliphatic carbocycles. The summed E-state index contributed by atoms with van der Waals surface area (Å²) in [7, 11) is 0. The molecule has 3 radical (unpaired) electrons. The maximum atomic E-state index is 10.5. The maximum Gasteiger partial charge on any atom is 2.00 e. The molecule has 0 aliphatic heterocycles. The normalized spacial score (nSPS) is 8.73. The van der Waals surface area contributed by atoms with Crippen molar-refractivity contribution in [3.8, 4) is 0 Å². The second-order valence-corrected chi connectivity index (χ2v) is 5.25. The van der Waals surface area contributed by atoms with Gasteiger partial charge in [0.1, 0.15) is 0 Å². The Bertz CT molecular complexity index is 996. The molecule has 0 spiro atoms. The molecule has 0 aromatic heterocycles. The number of rotatable bonds is 6. The topological polar surface area (TPSA) is 241 Å². The van der Waals surface area contributed by atoms with Gasteiger partial charge in [0.2, 0.25) is 0 Å². The molecule has 0 amide bonds. The van der Waals surface area contributed by atoms with Gasteiger partial charge in [0.05, 0.1) is 35.8 Å². The molecule has 0 unspecified atom stereocenters. The number of carbonyl (C=O) groups excluding carboxylic acids is 6. The number of benzene rings is 2. The smallest absolute Gasteiger partial charge is 0.545 e. The van der Waals surface area contributed by atoms with Crippen molar-refractivity contribution in [1.29, 1.82) is 0 Å². The zero-order valence-corrected chi connectivity index (χ0v) is 18.1. The predicted octanol–water partition coefficient (Wildman–Crippen LogP) is -6.45. The van der Waals surface area contributed by atoms with Gasteiger partial charge in [-0.15, -0.1) is 0 Å². The minimum absolute atomic E-state index is 0. The second-order valence-electron chi connectivity index (χ2n) is 5.25. The Morgan fingerprint density at radius 2 is 0.636 bits per heavy atom. The maximum absolute atomic E-state index is 10.5. The van der Waals surface area contributed by atoms with E-state index >= 15 is 0 Å². The second kappa shape index (κ2) is 14.8. The molecule has 2 rings (SSSR count). The number of aromatic carboxylic acids is 6. The van der Waals surface area contributed by atoms with Crippen LogP contribution in [0.4, 0.5) is 0 Å². The first-order valence-corrected chi connectivity index (χ1v) is 7.43. The first kappa shape index (κ1) is 34.4. The minimum Gasteiger partial charge on any atom is -0.545 e. The van der Waals surface area contributed by atoms with Crippen molar-refractivity contribution < 1.29 is 111 Å². The van der Waals surface area contributed by atoms with Crippen LogP contribution in [0.1, 0.15) is 62.1 Å². The molecule has 0 atom stereocenters. The Balaban J connectivity index is -0.000000500. The van der Waals surface area contributed by atoms with Crippen molar-refractivity contribution >= 4 is 35.8 Å². The van der Waals surface area contributed by atoms with Gasteiger partial charge in [0.15, 0.2) is 0 Å². The van der Waals surface area contributed by atoms with Gasteiger partial charge in [-0.1, -0.05) is 24.3 Å². The first-order valence-electron chi connectivity index (χ1n) is 7.43. The molecule has 0 N–H and O–H groups in total. The summed E-state index contributed by atoms with van der Waals surface area (Å²) in [5.41, 5.74) is -3.67. The van der Waals surface area contributed by atoms with Crippen LogP contribution in [0.15, 0.2) is 36.4 Å². The molecule has 12 nitrogen and oxygen atoms in total. The van der Waals surface area contributed by atoms with Crippen LogP contribution in [0.2, 0.25) is 0 Å². The van der Waals surface area contributed by atoms with Gasteiger partial charge in [0.25, 0.3) is 0 Å². The Hall–Kier alpha value is -3.18. The van der Waals surface area contributed by atoms with E-state index in [1.807, 2.05) is 0 Å². The summed E-state index contributed by atoms with van der Waals surface area (Å²) in [6.07, 6.45) is 0. The molecule has 0 bridgehead atoms. The summed E-state index contributed by atoms with van der Waals surface area (Å²) in [4.78, 5) is 62.6. The summed E-state index contributed by atoms with van der Waals surface area (Å²) in [6.45, 7) is 0. The molecule has 33 heavy (non-hydrogen) atoms. The molecule has 0 saturated heterocycles. The molecule has 15 heteroatoms. The van der Waals surface area contributed by atoms with E-state index < -0.39 is 69.2 Å². The minimum atomic E-state index is -1.79. The zero-order valence-electron chi connectivity index (χ0n) is 15.3. The third-order valence-electron chi connectivity index (χ3n) is 3.39. The van der Waals surface area contributed by atoms with Crippen molar-refractivity contribution in [3.63, 3.8) is 0 Å². The average Bonchev–Trinajstić information content (AvgIpc) is 2.67. The van der Waals surface area contributed by atoms with Crippen molar-refractivity contribution in [2.45, 2.75) is 0 Å². The largest absolute Gasteiger partial charge is 2.00 e. The van der Waals surface area contributed by atoms with Crippen molar-refractivity contribution in [3.05, 3.63) is 69.8 Å². The molecule has 2 aromatic carbocycles. The zero-order chi connectivity index (χ0) is 23.2. The van der Waals surface area contributed by atoms with Gasteiger partial charge < -0.3 is 59.4 Å². The SMILES string of the molecule is O=C([O-])c1ccc(C(=O)[O-])c(C(=O)[O-])c1.O=C([O-])c1ccc(C(=O)[O-])c(C(=O)[O-])c1.[Cu+2].[Cu+2].[Cu+2]. The number of hydrogen-bond donors (Lipinski definition) is 0. The fourth-order valence-corrected chi connectivity index (χ4v) is 2.04. The Morgan fingerprint density at radius 3 is 0.818 bits per heavy atom. The van der Waals surface area contributed by atoms with Gasteiger partial charge in [-0.05, 0) is 23.3 Å². The van der Waals surface area contributed by atoms with E-state index in [4.69, 9.17) is 0 Å². The monoisotopic (exact) mass is 603 g/mol. The molecule has 183 valence electrons. The summed E-state index contributed by atoms with van der Waals surface area (Å²) >= 11 is 0. The molecular weight excluding hydrogens is 599 g/mol. The number of carboxylic acid groups (broad SMARTS) is 6. The summed E-state index contributed by atoms with van der Waals surface area (Å²) in [5, 5.41) is 62.6. The van der Waals surface area contributed by atoms with Crippen molar-refractivity contribution in [2.24, 2.45) is 0 Å². The summed E-state index contributed by atoms with van der Waals surface area (Å²) in [5.74, 6) is -10.3. The van der Waals surface area contributed by atoms with Crippen LogP contribution in [0.5, 0.6) is 0 Å². The van der Waals surface area contributed by atoms with Crippen LogP contribution >= 0.6 is 0 Å². The van der Waals surface area contributed by atoms with E-state index in [0.29, 0.717) is 12.1 Å². The van der Waals surface area contributed by atoms with Gasteiger partial charge in [0, 0.05) is 22.3 Å². The predicted molar refractivity (Wildman–Crippen MR) is 78.9 cm³/mol. The van der Waals surface area contributed by atoms with Crippen molar-refractivity contribution in [2.75, 3.05) is 0 Å².